The van der Waals surface area contributed by atoms with E-state index in [1.54, 1.807) is 18.3 Å². The van der Waals surface area contributed by atoms with Crippen LogP contribution in [0.25, 0.3) is 11.5 Å². The Hall–Kier alpha value is -4.09. The van der Waals surface area contributed by atoms with E-state index in [4.69, 9.17) is 9.40 Å². The number of aliphatic hydroxyl groups excluding tert-OH is 1. The van der Waals surface area contributed by atoms with Gasteiger partial charge >= 0.3 is 0 Å². The number of amides is 1. The van der Waals surface area contributed by atoms with Crippen molar-refractivity contribution in [3.8, 4) is 11.5 Å². The molecule has 3 aromatic rings. The van der Waals surface area contributed by atoms with Crippen LogP contribution in [0, 0.1) is 0 Å². The molecular weight excluding hydrogens is 472 g/mol. The lowest BCUT2D eigenvalue weighted by molar-refractivity contribution is 0.0946. The van der Waals surface area contributed by atoms with Gasteiger partial charge in [0.2, 0.25) is 11.8 Å². The summed E-state index contributed by atoms with van der Waals surface area (Å²) >= 11 is 0. The van der Waals surface area contributed by atoms with Gasteiger partial charge in [0.25, 0.3) is 11.8 Å². The number of aliphatic hydroxyl groups is 1. The predicted molar refractivity (Wildman–Crippen MR) is 138 cm³/mol. The Morgan fingerprint density at radius 2 is 2.11 bits per heavy atom. The zero-order chi connectivity index (χ0) is 25.4. The summed E-state index contributed by atoms with van der Waals surface area (Å²) in [4.78, 5) is 21.4. The fraction of sp³-hybridized carbons (Fsp3) is 0.346. The number of nitrogens with zero attached hydrogens (tertiary/aromatic N) is 4. The third kappa shape index (κ3) is 4.36. The number of allylic oxidation sites excluding steroid dienone is 2. The summed E-state index contributed by atoms with van der Waals surface area (Å²) in [5.41, 5.74) is 2.20. The molecule has 2 aliphatic heterocycles. The van der Waals surface area contributed by atoms with Crippen LogP contribution in [0.1, 0.15) is 41.1 Å². The number of fused-ring (bicyclic) bond motifs is 1. The van der Waals surface area contributed by atoms with Gasteiger partial charge in [-0.3, -0.25) is 4.79 Å². The van der Waals surface area contributed by atoms with Crippen LogP contribution >= 0.6 is 0 Å². The number of benzene rings is 1. The van der Waals surface area contributed by atoms with Gasteiger partial charge in [-0.25, -0.2) is 4.98 Å². The molecule has 11 heteroatoms. The Morgan fingerprint density at radius 3 is 2.89 bits per heavy atom. The maximum Gasteiger partial charge on any atom is 0.253 e. The Labute approximate surface area is 213 Å². The first-order valence-corrected chi connectivity index (χ1v) is 12.5. The highest BCUT2D eigenvalue weighted by Gasteiger charge is 2.35. The first kappa shape index (κ1) is 23.3. The van der Waals surface area contributed by atoms with Crippen molar-refractivity contribution in [3.05, 3.63) is 65.7 Å². The van der Waals surface area contributed by atoms with Crippen molar-refractivity contribution in [3.63, 3.8) is 0 Å². The average molecular weight is 501 g/mol. The number of carbonyl (C=O) groups excluding carboxylic acids is 1. The largest absolute Gasteiger partial charge is 0.420 e. The van der Waals surface area contributed by atoms with Crippen molar-refractivity contribution in [2.24, 2.45) is 0 Å². The second-order valence-corrected chi connectivity index (χ2v) is 9.47. The first-order valence-electron chi connectivity index (χ1n) is 12.5. The van der Waals surface area contributed by atoms with Crippen LogP contribution < -0.4 is 21.3 Å². The minimum absolute atomic E-state index is 0.0606. The van der Waals surface area contributed by atoms with Gasteiger partial charge in [-0.2, -0.15) is 4.98 Å². The number of rotatable bonds is 7. The molecule has 4 heterocycles. The normalized spacial score (nSPS) is 22.8. The van der Waals surface area contributed by atoms with E-state index >= 15 is 0 Å². The highest BCUT2D eigenvalue weighted by Crippen LogP contribution is 2.34. The SMILES string of the molecule is CC[C@]1(Nc2nc(Nc3ccc4c(c3)CCNC4=O)ncc2-c2nnc(C3CNC3)o2)C=CC=CC1O. The third-order valence-electron chi connectivity index (χ3n) is 7.14. The molecule has 0 spiro atoms. The molecule has 1 unspecified atom stereocenters. The van der Waals surface area contributed by atoms with Crippen LogP contribution in [0.15, 0.2) is 53.1 Å². The summed E-state index contributed by atoms with van der Waals surface area (Å²) in [6.07, 6.45) is 9.65. The lowest BCUT2D eigenvalue weighted by atomic mass is 9.85. The van der Waals surface area contributed by atoms with Gasteiger partial charge in [0.15, 0.2) is 0 Å². The van der Waals surface area contributed by atoms with Crippen LogP contribution in [0.4, 0.5) is 17.5 Å². The molecule has 3 aliphatic rings. The lowest BCUT2D eigenvalue weighted by Gasteiger charge is -2.36. The molecule has 5 N–H and O–H groups in total. The number of hydrogen-bond donors (Lipinski definition) is 5. The maximum atomic E-state index is 12.1. The fourth-order valence-corrected chi connectivity index (χ4v) is 4.72. The van der Waals surface area contributed by atoms with Crippen molar-refractivity contribution in [1.82, 2.24) is 30.8 Å². The smallest absolute Gasteiger partial charge is 0.253 e. The Morgan fingerprint density at radius 1 is 1.22 bits per heavy atom. The molecule has 1 aliphatic carbocycles. The summed E-state index contributed by atoms with van der Waals surface area (Å²) < 4.78 is 5.99. The highest BCUT2D eigenvalue weighted by atomic mass is 16.4. The van der Waals surface area contributed by atoms with E-state index in [9.17, 15) is 9.90 Å². The van der Waals surface area contributed by atoms with E-state index in [1.165, 1.54) is 0 Å². The number of anilines is 3. The van der Waals surface area contributed by atoms with E-state index in [0.29, 0.717) is 47.6 Å². The van der Waals surface area contributed by atoms with E-state index < -0.39 is 11.6 Å². The molecule has 0 saturated carbocycles. The summed E-state index contributed by atoms with van der Waals surface area (Å²) in [6.45, 7) is 4.21. The van der Waals surface area contributed by atoms with Crippen molar-refractivity contribution < 1.29 is 14.3 Å². The Kier molecular flexibility index (Phi) is 5.93. The topological polar surface area (TPSA) is 150 Å². The van der Waals surface area contributed by atoms with Crippen LogP contribution in [0.2, 0.25) is 0 Å². The van der Waals surface area contributed by atoms with Gasteiger partial charge in [-0.1, -0.05) is 31.2 Å². The van der Waals surface area contributed by atoms with Gasteiger partial charge in [0, 0.05) is 37.1 Å². The molecule has 0 radical (unpaired) electrons. The molecule has 11 nitrogen and oxygen atoms in total. The first-order chi connectivity index (χ1) is 18.0. The zero-order valence-corrected chi connectivity index (χ0v) is 20.4. The number of carbonyl (C=O) groups is 1. The predicted octanol–water partition coefficient (Wildman–Crippen LogP) is 2.29. The van der Waals surface area contributed by atoms with Gasteiger partial charge in [0.1, 0.15) is 5.82 Å². The Balaban J connectivity index is 1.35. The molecule has 2 aromatic heterocycles. The molecule has 2 atom stereocenters. The number of aromatic nitrogens is 4. The van der Waals surface area contributed by atoms with Crippen molar-refractivity contribution in [2.45, 2.75) is 37.3 Å². The van der Waals surface area contributed by atoms with Gasteiger partial charge in [-0.15, -0.1) is 10.2 Å². The summed E-state index contributed by atoms with van der Waals surface area (Å²) in [6, 6.07) is 5.58. The molecule has 6 rings (SSSR count). The van der Waals surface area contributed by atoms with E-state index in [1.807, 2.05) is 37.3 Å². The summed E-state index contributed by atoms with van der Waals surface area (Å²) in [5, 5.41) is 32.1. The van der Waals surface area contributed by atoms with Gasteiger partial charge in [0.05, 0.1) is 23.1 Å². The Bertz CT molecular complexity index is 1400. The number of hydrogen-bond acceptors (Lipinski definition) is 10. The third-order valence-corrected chi connectivity index (χ3v) is 7.14. The molecule has 1 saturated heterocycles. The molecule has 1 fully saturated rings. The molecule has 1 aromatic carbocycles. The van der Waals surface area contributed by atoms with Crippen LogP contribution in [0.3, 0.4) is 0 Å². The quantitative estimate of drug-likeness (QED) is 0.327. The molecular formula is C26H28N8O3. The van der Waals surface area contributed by atoms with Crippen LogP contribution in [-0.4, -0.2) is 62.5 Å². The molecule has 37 heavy (non-hydrogen) atoms. The zero-order valence-electron chi connectivity index (χ0n) is 20.4. The second kappa shape index (κ2) is 9.41. The van der Waals surface area contributed by atoms with Gasteiger partial charge in [-0.05, 0) is 36.6 Å². The van der Waals surface area contributed by atoms with E-state index in [0.717, 1.165) is 30.8 Å². The van der Waals surface area contributed by atoms with Gasteiger partial charge < -0.3 is 30.8 Å². The standard InChI is InChI=1S/C26H28N8O3/c1-2-26(9-4-3-5-20(26)35)32-21-19(24-34-33-23(37-24)16-12-27-13-16)14-29-25(31-21)30-17-6-7-18-15(11-17)8-10-28-22(18)36/h3-7,9,11,14,16,20,27,35H,2,8,10,12-13H2,1H3,(H,28,36)(H2,29,30,31,32)/t20?,26-/m0/s1. The van der Waals surface area contributed by atoms with Crippen LogP contribution in [0.5, 0.6) is 0 Å². The highest BCUT2D eigenvalue weighted by molar-refractivity contribution is 5.97. The summed E-state index contributed by atoms with van der Waals surface area (Å²) in [5.74, 6) is 1.83. The summed E-state index contributed by atoms with van der Waals surface area (Å²) in [7, 11) is 0. The van der Waals surface area contributed by atoms with Crippen LogP contribution in [-0.2, 0) is 6.42 Å². The number of nitrogens with one attached hydrogen (secondary N) is 4. The average Bonchev–Trinajstić information content (AvgIpc) is 3.34. The second-order valence-electron chi connectivity index (χ2n) is 9.47. The fourth-order valence-electron chi connectivity index (χ4n) is 4.72. The molecule has 0 bridgehead atoms. The molecule has 1 amide bonds. The lowest BCUT2D eigenvalue weighted by Crippen LogP contribution is -2.47. The molecule has 190 valence electrons. The maximum absolute atomic E-state index is 12.1. The minimum atomic E-state index is -0.769. The monoisotopic (exact) mass is 500 g/mol. The van der Waals surface area contributed by atoms with Crippen molar-refractivity contribution >= 4 is 23.4 Å². The minimum Gasteiger partial charge on any atom is -0.420 e. The van der Waals surface area contributed by atoms with Crippen molar-refractivity contribution in [2.75, 3.05) is 30.3 Å². The van der Waals surface area contributed by atoms with E-state index in [-0.39, 0.29) is 11.8 Å². The van der Waals surface area contributed by atoms with E-state index in [2.05, 4.69) is 36.4 Å². The van der Waals surface area contributed by atoms with Crippen molar-refractivity contribution in [1.29, 1.82) is 0 Å².